The summed E-state index contributed by atoms with van der Waals surface area (Å²) >= 11 is 0. The third-order valence-electron chi connectivity index (χ3n) is 4.74. The molecule has 1 atom stereocenters. The van der Waals surface area contributed by atoms with E-state index in [-0.39, 0.29) is 11.9 Å². The standard InChI is InChI=1S/C20H32N4O3/c1-5-16(24-13-7-8-19(24)25)11-12-22-20(21-3)23-15-9-10-17(27-6-2)18(14-15)26-4/h9-10,14,16H,5-8,11-13H2,1-4H3,(H2,21,22,23). The van der Waals surface area contributed by atoms with E-state index in [0.29, 0.717) is 24.7 Å². The van der Waals surface area contributed by atoms with Gasteiger partial charge in [0.05, 0.1) is 13.7 Å². The topological polar surface area (TPSA) is 75.2 Å². The molecule has 0 spiro atoms. The highest BCUT2D eigenvalue weighted by Gasteiger charge is 2.26. The highest BCUT2D eigenvalue weighted by molar-refractivity contribution is 5.93. The van der Waals surface area contributed by atoms with Gasteiger partial charge in [-0.1, -0.05) is 6.92 Å². The monoisotopic (exact) mass is 376 g/mol. The number of nitrogens with one attached hydrogen (secondary N) is 2. The van der Waals surface area contributed by atoms with Crippen LogP contribution in [0.5, 0.6) is 11.5 Å². The summed E-state index contributed by atoms with van der Waals surface area (Å²) < 4.78 is 10.9. The van der Waals surface area contributed by atoms with Crippen LogP contribution in [-0.2, 0) is 4.79 Å². The second-order valence-corrected chi connectivity index (χ2v) is 6.46. The van der Waals surface area contributed by atoms with Crippen molar-refractivity contribution in [1.82, 2.24) is 10.2 Å². The summed E-state index contributed by atoms with van der Waals surface area (Å²) in [6.07, 6.45) is 3.53. The predicted molar refractivity (Wildman–Crippen MR) is 109 cm³/mol. The molecule has 1 aromatic carbocycles. The number of likely N-dealkylation sites (tertiary alicyclic amines) is 1. The van der Waals surface area contributed by atoms with Crippen molar-refractivity contribution >= 4 is 17.6 Å². The van der Waals surface area contributed by atoms with Gasteiger partial charge in [0.25, 0.3) is 0 Å². The van der Waals surface area contributed by atoms with Gasteiger partial charge >= 0.3 is 0 Å². The average Bonchev–Trinajstić information content (AvgIpc) is 3.11. The van der Waals surface area contributed by atoms with Crippen molar-refractivity contribution in [2.45, 2.75) is 45.6 Å². The normalized spacial score (nSPS) is 15.6. The highest BCUT2D eigenvalue weighted by Crippen LogP contribution is 2.30. The van der Waals surface area contributed by atoms with Crippen molar-refractivity contribution in [3.63, 3.8) is 0 Å². The maximum atomic E-state index is 12.0. The maximum absolute atomic E-state index is 12.0. The zero-order chi connectivity index (χ0) is 19.6. The van der Waals surface area contributed by atoms with Gasteiger partial charge in [-0.25, -0.2) is 0 Å². The Bertz CT molecular complexity index is 648. The molecule has 1 aromatic rings. The molecule has 1 aliphatic heterocycles. The Morgan fingerprint density at radius 3 is 2.74 bits per heavy atom. The van der Waals surface area contributed by atoms with Crippen LogP contribution in [0, 0.1) is 0 Å². The van der Waals surface area contributed by atoms with Crippen LogP contribution in [0.25, 0.3) is 0 Å². The summed E-state index contributed by atoms with van der Waals surface area (Å²) in [6, 6.07) is 5.98. The third-order valence-corrected chi connectivity index (χ3v) is 4.74. The van der Waals surface area contributed by atoms with Crippen LogP contribution in [0.3, 0.4) is 0 Å². The molecular weight excluding hydrogens is 344 g/mol. The number of benzene rings is 1. The largest absolute Gasteiger partial charge is 0.493 e. The molecule has 0 radical (unpaired) electrons. The molecular formula is C20H32N4O3. The Hall–Kier alpha value is -2.44. The molecule has 7 nitrogen and oxygen atoms in total. The molecule has 1 amide bonds. The molecule has 1 aliphatic rings. The first-order valence-electron chi connectivity index (χ1n) is 9.70. The smallest absolute Gasteiger partial charge is 0.222 e. The van der Waals surface area contributed by atoms with Crippen LogP contribution in [0.1, 0.15) is 39.5 Å². The van der Waals surface area contributed by atoms with E-state index in [2.05, 4.69) is 22.5 Å². The molecule has 7 heteroatoms. The molecule has 0 bridgehead atoms. The number of carbonyl (C=O) groups is 1. The number of nitrogens with zero attached hydrogens (tertiary/aromatic N) is 2. The van der Waals surface area contributed by atoms with Gasteiger partial charge < -0.3 is 25.0 Å². The van der Waals surface area contributed by atoms with E-state index in [4.69, 9.17) is 9.47 Å². The number of ether oxygens (including phenoxy) is 2. The van der Waals surface area contributed by atoms with Crippen LogP contribution in [0.2, 0.25) is 0 Å². The van der Waals surface area contributed by atoms with Crippen LogP contribution in [0.4, 0.5) is 5.69 Å². The van der Waals surface area contributed by atoms with Crippen LogP contribution >= 0.6 is 0 Å². The first-order chi connectivity index (χ1) is 13.1. The van der Waals surface area contributed by atoms with Gasteiger partial charge in [0.2, 0.25) is 5.91 Å². The number of hydrogen-bond acceptors (Lipinski definition) is 4. The highest BCUT2D eigenvalue weighted by atomic mass is 16.5. The molecule has 2 N–H and O–H groups in total. The molecule has 1 fully saturated rings. The fourth-order valence-corrected chi connectivity index (χ4v) is 3.33. The average molecular weight is 377 g/mol. The first-order valence-corrected chi connectivity index (χ1v) is 9.70. The number of anilines is 1. The Labute approximate surface area is 162 Å². The lowest BCUT2D eigenvalue weighted by Crippen LogP contribution is -2.39. The van der Waals surface area contributed by atoms with Crippen molar-refractivity contribution in [2.75, 3.05) is 39.2 Å². The Kier molecular flexibility index (Phi) is 8.23. The Balaban J connectivity index is 1.89. The first kappa shape index (κ1) is 20.9. The summed E-state index contributed by atoms with van der Waals surface area (Å²) in [5, 5.41) is 6.59. The van der Waals surface area contributed by atoms with E-state index in [0.717, 1.165) is 43.8 Å². The fraction of sp³-hybridized carbons (Fsp3) is 0.600. The SMILES string of the molecule is CCOc1ccc(NC(=NC)NCCC(CC)N2CCCC2=O)cc1OC. The lowest BCUT2D eigenvalue weighted by atomic mass is 10.1. The van der Waals surface area contributed by atoms with Gasteiger partial charge in [-0.15, -0.1) is 0 Å². The molecule has 0 aromatic heterocycles. The molecule has 150 valence electrons. The van der Waals surface area contributed by atoms with Gasteiger partial charge in [0, 0.05) is 44.4 Å². The van der Waals surface area contributed by atoms with Gasteiger partial charge in [0.15, 0.2) is 17.5 Å². The van der Waals surface area contributed by atoms with Crippen molar-refractivity contribution in [3.8, 4) is 11.5 Å². The van der Waals surface area contributed by atoms with Gasteiger partial charge in [-0.05, 0) is 38.3 Å². The number of hydrogen-bond donors (Lipinski definition) is 2. The Morgan fingerprint density at radius 2 is 2.15 bits per heavy atom. The number of guanidine groups is 1. The number of methoxy groups -OCH3 is 1. The number of amides is 1. The van der Waals surface area contributed by atoms with E-state index in [1.807, 2.05) is 30.0 Å². The van der Waals surface area contributed by atoms with E-state index in [1.165, 1.54) is 0 Å². The predicted octanol–water partition coefficient (Wildman–Crippen LogP) is 2.87. The van der Waals surface area contributed by atoms with Crippen molar-refractivity contribution in [3.05, 3.63) is 18.2 Å². The number of carbonyl (C=O) groups excluding carboxylic acids is 1. The summed E-state index contributed by atoms with van der Waals surface area (Å²) in [5.74, 6) is 2.36. The minimum absolute atomic E-state index is 0.283. The van der Waals surface area contributed by atoms with Gasteiger partial charge in [-0.2, -0.15) is 0 Å². The van der Waals surface area contributed by atoms with E-state index in [1.54, 1.807) is 14.2 Å². The van der Waals surface area contributed by atoms with Gasteiger partial charge in [-0.3, -0.25) is 9.79 Å². The lowest BCUT2D eigenvalue weighted by Gasteiger charge is -2.27. The second-order valence-electron chi connectivity index (χ2n) is 6.46. The van der Waals surface area contributed by atoms with E-state index < -0.39 is 0 Å². The summed E-state index contributed by atoms with van der Waals surface area (Å²) in [6.45, 7) is 6.29. The minimum Gasteiger partial charge on any atom is -0.493 e. The summed E-state index contributed by atoms with van der Waals surface area (Å²) in [4.78, 5) is 18.2. The molecule has 0 saturated carbocycles. The van der Waals surface area contributed by atoms with Crippen LogP contribution in [-0.4, -0.2) is 56.7 Å². The number of rotatable bonds is 9. The molecule has 1 heterocycles. The third kappa shape index (κ3) is 5.77. The maximum Gasteiger partial charge on any atom is 0.222 e. The molecule has 2 rings (SSSR count). The second kappa shape index (κ2) is 10.6. The fourth-order valence-electron chi connectivity index (χ4n) is 3.33. The quantitative estimate of drug-likeness (QED) is 0.512. The zero-order valence-electron chi connectivity index (χ0n) is 16.9. The molecule has 0 aliphatic carbocycles. The summed E-state index contributed by atoms with van der Waals surface area (Å²) in [5.41, 5.74) is 0.866. The Morgan fingerprint density at radius 1 is 1.33 bits per heavy atom. The van der Waals surface area contributed by atoms with Gasteiger partial charge in [0.1, 0.15) is 0 Å². The lowest BCUT2D eigenvalue weighted by molar-refractivity contribution is -0.129. The van der Waals surface area contributed by atoms with E-state index >= 15 is 0 Å². The zero-order valence-corrected chi connectivity index (χ0v) is 16.9. The van der Waals surface area contributed by atoms with Crippen molar-refractivity contribution < 1.29 is 14.3 Å². The van der Waals surface area contributed by atoms with E-state index in [9.17, 15) is 4.79 Å². The van der Waals surface area contributed by atoms with Crippen molar-refractivity contribution in [1.29, 1.82) is 0 Å². The molecule has 1 saturated heterocycles. The molecule has 1 unspecified atom stereocenters. The molecule has 27 heavy (non-hydrogen) atoms. The minimum atomic E-state index is 0.283. The van der Waals surface area contributed by atoms with Crippen LogP contribution < -0.4 is 20.1 Å². The van der Waals surface area contributed by atoms with Crippen LogP contribution in [0.15, 0.2) is 23.2 Å². The number of aliphatic imine (C=N–C) groups is 1. The van der Waals surface area contributed by atoms with Crippen molar-refractivity contribution in [2.24, 2.45) is 4.99 Å². The summed E-state index contributed by atoms with van der Waals surface area (Å²) in [7, 11) is 3.36.